The number of esters is 1. The summed E-state index contributed by atoms with van der Waals surface area (Å²) < 4.78 is 6.27. The molecule has 0 heterocycles. The lowest BCUT2D eigenvalue weighted by atomic mass is 9.41. The van der Waals surface area contributed by atoms with E-state index in [1.165, 1.54) is 32.1 Å². The molecule has 0 bridgehead atoms. The van der Waals surface area contributed by atoms with Gasteiger partial charge in [-0.1, -0.05) is 41.0 Å². The maximum atomic E-state index is 12.3. The molecule has 0 amide bonds. The van der Waals surface area contributed by atoms with Gasteiger partial charge in [0.15, 0.2) is 0 Å². The number of rotatable bonds is 5. The largest absolute Gasteiger partial charge is 0.481 e. The zero-order valence-corrected chi connectivity index (χ0v) is 21.2. The predicted octanol–water partition coefficient (Wildman–Crippen LogP) is 6.57. The smallest absolute Gasteiger partial charge is 0.303 e. The molecule has 0 aromatic heterocycles. The number of hydrogen-bond donors (Lipinski definition) is 1. The summed E-state index contributed by atoms with van der Waals surface area (Å²) in [6.45, 7) is 13.5. The van der Waals surface area contributed by atoms with E-state index in [4.69, 9.17) is 4.74 Å². The second-order valence-electron chi connectivity index (χ2n) is 12.7. The Morgan fingerprint density at radius 3 is 2.31 bits per heavy atom. The normalized spacial score (nSPS) is 48.8. The highest BCUT2D eigenvalue weighted by Gasteiger charge is 2.65. The van der Waals surface area contributed by atoms with Crippen LogP contribution in [0.3, 0.4) is 0 Å². The minimum absolute atomic E-state index is 0.0315. The van der Waals surface area contributed by atoms with E-state index in [9.17, 15) is 14.7 Å². The van der Waals surface area contributed by atoms with Crippen LogP contribution in [0.4, 0.5) is 0 Å². The van der Waals surface area contributed by atoms with Crippen LogP contribution >= 0.6 is 0 Å². The number of carbonyl (C=O) groups is 2. The summed E-state index contributed by atoms with van der Waals surface area (Å²) in [7, 11) is 0. The van der Waals surface area contributed by atoms with Crippen molar-refractivity contribution in [3.63, 3.8) is 0 Å². The molecule has 11 atom stereocenters. The lowest BCUT2D eigenvalue weighted by Crippen LogP contribution is -2.62. The first-order valence-corrected chi connectivity index (χ1v) is 13.4. The summed E-state index contributed by atoms with van der Waals surface area (Å²) in [5.41, 5.74) is 0.512. The molecule has 4 saturated carbocycles. The average molecular weight is 447 g/mol. The second kappa shape index (κ2) is 8.62. The first-order valence-electron chi connectivity index (χ1n) is 13.4. The van der Waals surface area contributed by atoms with Gasteiger partial charge in [0.1, 0.15) is 6.10 Å². The number of carbonyl (C=O) groups excluding carboxylic acids is 1. The fourth-order valence-corrected chi connectivity index (χ4v) is 9.89. The maximum Gasteiger partial charge on any atom is 0.303 e. The molecule has 182 valence electrons. The van der Waals surface area contributed by atoms with Gasteiger partial charge in [-0.15, -0.1) is 0 Å². The van der Waals surface area contributed by atoms with Crippen LogP contribution in [0.15, 0.2) is 0 Å². The molecule has 32 heavy (non-hydrogen) atoms. The highest BCUT2D eigenvalue weighted by atomic mass is 16.5. The third-order valence-corrected chi connectivity index (χ3v) is 11.2. The molecule has 4 aliphatic carbocycles. The van der Waals surface area contributed by atoms with Crippen molar-refractivity contribution in [2.45, 2.75) is 105 Å². The molecule has 4 heteroatoms. The Labute approximate surface area is 195 Å². The Kier molecular flexibility index (Phi) is 6.48. The summed E-state index contributed by atoms with van der Waals surface area (Å²) in [6, 6.07) is 0. The molecule has 4 rings (SSSR count). The fraction of sp³-hybridized carbons (Fsp3) is 0.929. The zero-order valence-electron chi connectivity index (χ0n) is 21.2. The second-order valence-corrected chi connectivity index (χ2v) is 12.7. The van der Waals surface area contributed by atoms with Crippen molar-refractivity contribution in [3.05, 3.63) is 0 Å². The van der Waals surface area contributed by atoms with Crippen LogP contribution in [-0.2, 0) is 14.3 Å². The van der Waals surface area contributed by atoms with E-state index in [0.29, 0.717) is 40.9 Å². The van der Waals surface area contributed by atoms with Crippen LogP contribution in [-0.4, -0.2) is 23.1 Å². The van der Waals surface area contributed by atoms with Gasteiger partial charge in [-0.05, 0) is 97.2 Å². The van der Waals surface area contributed by atoms with Crippen LogP contribution in [0, 0.1) is 58.2 Å². The highest BCUT2D eigenvalue weighted by molar-refractivity contribution is 5.67. The number of aliphatic carboxylic acids is 1. The van der Waals surface area contributed by atoms with Gasteiger partial charge < -0.3 is 9.84 Å². The Balaban J connectivity index is 1.72. The van der Waals surface area contributed by atoms with Gasteiger partial charge in [0.05, 0.1) is 0 Å². The topological polar surface area (TPSA) is 63.6 Å². The summed E-state index contributed by atoms with van der Waals surface area (Å²) >= 11 is 0. The zero-order chi connectivity index (χ0) is 23.4. The van der Waals surface area contributed by atoms with Crippen LogP contribution in [0.1, 0.15) is 99.3 Å². The minimum Gasteiger partial charge on any atom is -0.481 e. The molecule has 0 saturated heterocycles. The minimum atomic E-state index is -0.675. The standard InChI is InChI=1S/C28H46O4/c1-7-19-23-14-16(2)10-12-28(23,6)22-11-13-27(5)20(17(3)15-24(30)31)8-9-21(27)25(22)26(19)32-18(4)29/h16-17,19-23,25-26H,7-15H2,1-6H3,(H,30,31)/t16-,17-,19-,20-,21?,22?,23+,25?,26-,27-,28-/m1/s1. The van der Waals surface area contributed by atoms with Crippen LogP contribution in [0.2, 0.25) is 0 Å². The van der Waals surface area contributed by atoms with Gasteiger partial charge in [0, 0.05) is 19.3 Å². The Bertz CT molecular complexity index is 733. The fourth-order valence-electron chi connectivity index (χ4n) is 9.89. The summed E-state index contributed by atoms with van der Waals surface area (Å²) in [5, 5.41) is 9.45. The molecule has 4 aliphatic rings. The predicted molar refractivity (Wildman–Crippen MR) is 126 cm³/mol. The lowest BCUT2D eigenvalue weighted by Gasteiger charge is -2.65. The number of fused-ring (bicyclic) bond motifs is 5. The van der Waals surface area contributed by atoms with Crippen LogP contribution < -0.4 is 0 Å². The molecule has 0 radical (unpaired) electrons. The van der Waals surface area contributed by atoms with Crippen molar-refractivity contribution < 1.29 is 19.4 Å². The Morgan fingerprint density at radius 2 is 1.69 bits per heavy atom. The van der Waals surface area contributed by atoms with Gasteiger partial charge in [0.2, 0.25) is 0 Å². The summed E-state index contributed by atoms with van der Waals surface area (Å²) in [6.07, 6.45) is 9.99. The maximum absolute atomic E-state index is 12.3. The van der Waals surface area contributed by atoms with Crippen LogP contribution in [0.5, 0.6) is 0 Å². The molecule has 4 fully saturated rings. The number of ether oxygens (including phenoxy) is 1. The number of carboxylic acids is 1. The third kappa shape index (κ3) is 3.72. The molecular formula is C28H46O4. The molecule has 1 N–H and O–H groups in total. The monoisotopic (exact) mass is 446 g/mol. The van der Waals surface area contributed by atoms with Crippen molar-refractivity contribution in [1.82, 2.24) is 0 Å². The third-order valence-electron chi connectivity index (χ3n) is 11.2. The van der Waals surface area contributed by atoms with Gasteiger partial charge in [-0.2, -0.15) is 0 Å². The molecule has 0 spiro atoms. The molecule has 0 aliphatic heterocycles. The molecule has 0 aromatic carbocycles. The van der Waals surface area contributed by atoms with Crippen molar-refractivity contribution in [1.29, 1.82) is 0 Å². The first kappa shape index (κ1) is 24.1. The van der Waals surface area contributed by atoms with Gasteiger partial charge in [-0.25, -0.2) is 0 Å². The van der Waals surface area contributed by atoms with Gasteiger partial charge in [0.25, 0.3) is 0 Å². The van der Waals surface area contributed by atoms with E-state index >= 15 is 0 Å². The van der Waals surface area contributed by atoms with E-state index in [0.717, 1.165) is 25.2 Å². The van der Waals surface area contributed by atoms with E-state index in [2.05, 4.69) is 34.6 Å². The van der Waals surface area contributed by atoms with Gasteiger partial charge in [-0.3, -0.25) is 9.59 Å². The van der Waals surface area contributed by atoms with Gasteiger partial charge >= 0.3 is 11.9 Å². The molecule has 0 aromatic rings. The quantitative estimate of drug-likeness (QED) is 0.485. The highest BCUT2D eigenvalue weighted by Crippen LogP contribution is 2.70. The summed E-state index contributed by atoms with van der Waals surface area (Å²) in [5.74, 6) is 3.32. The van der Waals surface area contributed by atoms with E-state index in [-0.39, 0.29) is 29.8 Å². The number of hydrogen-bond acceptors (Lipinski definition) is 3. The SMILES string of the molecule is CC[C@H]1[C@@H](OC(C)=O)C2C3CC[C@H]([C@H](C)CC(=O)O)[C@@]3(C)CCC2[C@@]2(C)CC[C@@H](C)C[C@@H]12. The van der Waals surface area contributed by atoms with Crippen molar-refractivity contribution in [2.75, 3.05) is 0 Å². The number of carboxylic acid groups (broad SMARTS) is 1. The van der Waals surface area contributed by atoms with E-state index < -0.39 is 5.97 Å². The summed E-state index contributed by atoms with van der Waals surface area (Å²) in [4.78, 5) is 23.8. The van der Waals surface area contributed by atoms with Crippen molar-refractivity contribution in [2.24, 2.45) is 58.2 Å². The van der Waals surface area contributed by atoms with Crippen LogP contribution in [0.25, 0.3) is 0 Å². The van der Waals surface area contributed by atoms with E-state index in [1.54, 1.807) is 6.92 Å². The Morgan fingerprint density at radius 1 is 1.03 bits per heavy atom. The average Bonchev–Trinajstić information content (AvgIpc) is 3.05. The molecule has 3 unspecified atom stereocenters. The molecular weight excluding hydrogens is 400 g/mol. The Hall–Kier alpha value is -1.06. The lowest BCUT2D eigenvalue weighted by molar-refractivity contribution is -0.214. The van der Waals surface area contributed by atoms with Crippen molar-refractivity contribution >= 4 is 11.9 Å². The van der Waals surface area contributed by atoms with Crippen molar-refractivity contribution in [3.8, 4) is 0 Å². The first-order chi connectivity index (χ1) is 15.0. The molecule has 4 nitrogen and oxygen atoms in total. The van der Waals surface area contributed by atoms with E-state index in [1.807, 2.05) is 0 Å².